The summed E-state index contributed by atoms with van der Waals surface area (Å²) in [7, 11) is 0. The number of nitrogens with zero attached hydrogens (tertiary/aromatic N) is 2. The zero-order chi connectivity index (χ0) is 17.1. The largest absolute Gasteiger partial charge is 0.486 e. The first kappa shape index (κ1) is 17.0. The number of ether oxygens (including phenoxy) is 1. The molecule has 1 saturated carbocycles. The molecule has 24 heavy (non-hydrogen) atoms. The van der Waals surface area contributed by atoms with Gasteiger partial charge in [0.2, 0.25) is 5.91 Å². The van der Waals surface area contributed by atoms with Crippen LogP contribution in [0.1, 0.15) is 43.0 Å². The van der Waals surface area contributed by atoms with Crippen LogP contribution in [-0.2, 0) is 17.9 Å². The second-order valence-corrected chi connectivity index (χ2v) is 7.61. The lowest BCUT2D eigenvalue weighted by molar-refractivity contribution is -0.135. The van der Waals surface area contributed by atoms with E-state index in [1.54, 1.807) is 11.3 Å². The summed E-state index contributed by atoms with van der Waals surface area (Å²) in [5.74, 6) is 1.38. The number of benzene rings is 1. The first-order valence-corrected chi connectivity index (χ1v) is 9.34. The molecule has 128 valence electrons. The van der Waals surface area contributed by atoms with Crippen LogP contribution in [0.5, 0.6) is 5.75 Å². The molecule has 1 aromatic carbocycles. The topological polar surface area (TPSA) is 42.4 Å². The van der Waals surface area contributed by atoms with Crippen LogP contribution in [0.15, 0.2) is 29.6 Å². The van der Waals surface area contributed by atoms with Crippen LogP contribution in [0.2, 0.25) is 0 Å². The van der Waals surface area contributed by atoms with Crippen LogP contribution in [0, 0.1) is 12.8 Å². The van der Waals surface area contributed by atoms with Crippen molar-refractivity contribution in [2.75, 3.05) is 0 Å². The van der Waals surface area contributed by atoms with Crippen LogP contribution in [-0.4, -0.2) is 21.8 Å². The predicted molar refractivity (Wildman–Crippen MR) is 96.0 cm³/mol. The van der Waals surface area contributed by atoms with Crippen molar-refractivity contribution in [2.45, 2.75) is 52.8 Å². The summed E-state index contributed by atoms with van der Waals surface area (Å²) in [6.07, 6.45) is 2.07. The van der Waals surface area contributed by atoms with Gasteiger partial charge in [0.05, 0.1) is 12.2 Å². The number of thiazole rings is 1. The Labute approximate surface area is 147 Å². The Morgan fingerprint density at radius 1 is 1.42 bits per heavy atom. The third-order valence-electron chi connectivity index (χ3n) is 4.12. The molecule has 1 amide bonds. The molecule has 4 nitrogen and oxygen atoms in total. The van der Waals surface area contributed by atoms with E-state index in [9.17, 15) is 4.79 Å². The van der Waals surface area contributed by atoms with Crippen LogP contribution in [0.4, 0.5) is 0 Å². The number of hydrogen-bond donors (Lipinski definition) is 0. The van der Waals surface area contributed by atoms with Gasteiger partial charge < -0.3 is 9.64 Å². The summed E-state index contributed by atoms with van der Waals surface area (Å²) < 4.78 is 5.80. The monoisotopic (exact) mass is 344 g/mol. The van der Waals surface area contributed by atoms with E-state index < -0.39 is 0 Å². The van der Waals surface area contributed by atoms with Gasteiger partial charge in [0, 0.05) is 17.3 Å². The van der Waals surface area contributed by atoms with Crippen LogP contribution < -0.4 is 4.74 Å². The van der Waals surface area contributed by atoms with E-state index in [0.717, 1.165) is 29.3 Å². The third kappa shape index (κ3) is 4.35. The Morgan fingerprint density at radius 3 is 2.88 bits per heavy atom. The maximum Gasteiger partial charge on any atom is 0.226 e. The third-order valence-corrected chi connectivity index (χ3v) is 4.99. The molecule has 0 radical (unpaired) electrons. The van der Waals surface area contributed by atoms with Crippen LogP contribution in [0.3, 0.4) is 0 Å². The number of carbonyl (C=O) groups is 1. The lowest BCUT2D eigenvalue weighted by Crippen LogP contribution is -2.37. The van der Waals surface area contributed by atoms with Gasteiger partial charge in [-0.25, -0.2) is 4.98 Å². The molecule has 0 spiro atoms. The Morgan fingerprint density at radius 2 is 2.21 bits per heavy atom. The molecular weight excluding hydrogens is 320 g/mol. The molecule has 0 aliphatic heterocycles. The highest BCUT2D eigenvalue weighted by Crippen LogP contribution is 2.32. The van der Waals surface area contributed by atoms with Gasteiger partial charge in [-0.05, 0) is 51.3 Å². The van der Waals surface area contributed by atoms with Crippen molar-refractivity contribution in [1.29, 1.82) is 0 Å². The van der Waals surface area contributed by atoms with Crippen molar-refractivity contribution in [3.8, 4) is 5.75 Å². The van der Waals surface area contributed by atoms with Crippen LogP contribution >= 0.6 is 11.3 Å². The van der Waals surface area contributed by atoms with Crippen molar-refractivity contribution >= 4 is 17.2 Å². The van der Waals surface area contributed by atoms with E-state index >= 15 is 0 Å². The molecule has 0 saturated heterocycles. The molecule has 1 fully saturated rings. The lowest BCUT2D eigenvalue weighted by Gasteiger charge is -2.26. The predicted octanol–water partition coefficient (Wildman–Crippen LogP) is 4.18. The van der Waals surface area contributed by atoms with Gasteiger partial charge in [-0.3, -0.25) is 4.79 Å². The fraction of sp³-hybridized carbons (Fsp3) is 0.474. The summed E-state index contributed by atoms with van der Waals surface area (Å²) >= 11 is 1.59. The molecule has 1 aliphatic rings. The molecule has 5 heteroatoms. The normalized spacial score (nSPS) is 14.0. The van der Waals surface area contributed by atoms with Crippen LogP contribution in [0.25, 0.3) is 0 Å². The Balaban J connectivity index is 1.59. The van der Waals surface area contributed by atoms with Gasteiger partial charge in [-0.1, -0.05) is 12.1 Å². The van der Waals surface area contributed by atoms with E-state index in [4.69, 9.17) is 4.74 Å². The van der Waals surface area contributed by atoms with Crippen molar-refractivity contribution in [2.24, 2.45) is 5.92 Å². The highest BCUT2D eigenvalue weighted by atomic mass is 32.1. The van der Waals surface area contributed by atoms with Gasteiger partial charge in [-0.2, -0.15) is 0 Å². The highest BCUT2D eigenvalue weighted by Gasteiger charge is 2.34. The molecule has 0 atom stereocenters. The molecule has 0 unspecified atom stereocenters. The maximum atomic E-state index is 12.4. The average Bonchev–Trinajstić information content (AvgIpc) is 3.30. The van der Waals surface area contributed by atoms with Crippen molar-refractivity contribution in [3.63, 3.8) is 0 Å². The number of amides is 1. The van der Waals surface area contributed by atoms with Crippen molar-refractivity contribution in [3.05, 3.63) is 45.9 Å². The average molecular weight is 344 g/mol. The minimum Gasteiger partial charge on any atom is -0.486 e. The first-order chi connectivity index (χ1) is 11.5. The van der Waals surface area contributed by atoms with Crippen molar-refractivity contribution in [1.82, 2.24) is 9.88 Å². The van der Waals surface area contributed by atoms with Gasteiger partial charge in [0.15, 0.2) is 0 Å². The zero-order valence-corrected chi connectivity index (χ0v) is 15.3. The summed E-state index contributed by atoms with van der Waals surface area (Å²) in [5.41, 5.74) is 2.13. The standard InChI is InChI=1S/C19H24N2O2S/c1-13(2)21(19(22)15-7-8-15)10-16-12-24-18(20-16)11-23-17-6-4-5-14(3)9-17/h4-6,9,12-13,15H,7-8,10-11H2,1-3H3. The fourth-order valence-corrected chi connectivity index (χ4v) is 3.29. The zero-order valence-electron chi connectivity index (χ0n) is 14.5. The highest BCUT2D eigenvalue weighted by molar-refractivity contribution is 7.09. The second kappa shape index (κ2) is 7.34. The molecular formula is C19H24N2O2S. The molecule has 0 bridgehead atoms. The summed E-state index contributed by atoms with van der Waals surface area (Å²) in [4.78, 5) is 19.0. The number of rotatable bonds is 7. The molecule has 1 heterocycles. The first-order valence-electron chi connectivity index (χ1n) is 8.46. The van der Waals surface area contributed by atoms with Gasteiger partial charge in [0.25, 0.3) is 0 Å². The number of hydrogen-bond acceptors (Lipinski definition) is 4. The Hall–Kier alpha value is -1.88. The summed E-state index contributed by atoms with van der Waals surface area (Å²) in [5, 5.41) is 2.97. The Bertz CT molecular complexity index is 707. The fourth-order valence-electron chi connectivity index (χ4n) is 2.59. The smallest absolute Gasteiger partial charge is 0.226 e. The quantitative estimate of drug-likeness (QED) is 0.757. The van der Waals surface area contributed by atoms with Gasteiger partial charge >= 0.3 is 0 Å². The molecule has 0 N–H and O–H groups in total. The number of aromatic nitrogens is 1. The molecule has 1 aromatic heterocycles. The molecule has 3 rings (SSSR count). The minimum absolute atomic E-state index is 0.201. The SMILES string of the molecule is Cc1cccc(OCc2nc(CN(C(=O)C3CC3)C(C)C)cs2)c1. The van der Waals surface area contributed by atoms with Gasteiger partial charge in [0.1, 0.15) is 17.4 Å². The number of aryl methyl sites for hydroxylation is 1. The molecule has 1 aliphatic carbocycles. The van der Waals surface area contributed by atoms with E-state index in [1.807, 2.05) is 41.5 Å². The van der Waals surface area contributed by atoms with E-state index in [0.29, 0.717) is 13.2 Å². The minimum atomic E-state index is 0.201. The van der Waals surface area contributed by atoms with E-state index in [2.05, 4.69) is 18.8 Å². The second-order valence-electron chi connectivity index (χ2n) is 6.67. The summed E-state index contributed by atoms with van der Waals surface area (Å²) in [6.45, 7) is 7.23. The Kier molecular flexibility index (Phi) is 5.19. The maximum absolute atomic E-state index is 12.4. The van der Waals surface area contributed by atoms with Gasteiger partial charge in [-0.15, -0.1) is 11.3 Å². The summed E-state index contributed by atoms with van der Waals surface area (Å²) in [6, 6.07) is 8.21. The number of carbonyl (C=O) groups excluding carboxylic acids is 1. The molecule has 2 aromatic rings. The van der Waals surface area contributed by atoms with E-state index in [-0.39, 0.29) is 17.9 Å². The van der Waals surface area contributed by atoms with E-state index in [1.165, 1.54) is 5.56 Å². The van der Waals surface area contributed by atoms with Crippen molar-refractivity contribution < 1.29 is 9.53 Å². The lowest BCUT2D eigenvalue weighted by atomic mass is 10.2.